The molecule has 0 aromatic heterocycles. The molecule has 0 aliphatic heterocycles. The van der Waals surface area contributed by atoms with E-state index in [1.165, 1.54) is 13.2 Å². The molecule has 0 saturated heterocycles. The van der Waals surface area contributed by atoms with Crippen LogP contribution in [0.4, 0.5) is 4.39 Å². The third-order valence-corrected chi connectivity index (χ3v) is 4.97. The fourth-order valence-corrected chi connectivity index (χ4v) is 3.41. The highest BCUT2D eigenvalue weighted by atomic mass is 31.1. The Hall–Kier alpha value is -1.77. The number of methoxy groups -OCH3 is 1. The van der Waals surface area contributed by atoms with Gasteiger partial charge < -0.3 is 9.47 Å². The molecule has 2 rings (SSSR count). The van der Waals surface area contributed by atoms with Gasteiger partial charge in [-0.2, -0.15) is 0 Å². The minimum atomic E-state index is -0.882. The number of carbonyl (C=O) groups excluding carboxylic acids is 1. The number of benzene rings is 2. The number of halogens is 1. The van der Waals surface area contributed by atoms with Crippen molar-refractivity contribution in [2.45, 2.75) is 39.4 Å². The summed E-state index contributed by atoms with van der Waals surface area (Å²) in [6.07, 6.45) is -0.882. The van der Waals surface area contributed by atoms with E-state index < -0.39 is 17.7 Å². The SMILES string of the molecule is COC(=O)C(OC(C)(C)C)c1c(C)cccc1-c1ccc(PC)c(F)c1. The minimum Gasteiger partial charge on any atom is -0.467 e. The van der Waals surface area contributed by atoms with Crippen LogP contribution in [-0.4, -0.2) is 25.3 Å². The van der Waals surface area contributed by atoms with E-state index in [0.29, 0.717) is 19.4 Å². The van der Waals surface area contributed by atoms with Crippen molar-refractivity contribution in [3.05, 3.63) is 53.3 Å². The van der Waals surface area contributed by atoms with Crippen molar-refractivity contribution < 1.29 is 18.7 Å². The first kappa shape index (κ1) is 20.5. The lowest BCUT2D eigenvalue weighted by atomic mass is 9.92. The molecule has 2 atom stereocenters. The summed E-state index contributed by atoms with van der Waals surface area (Å²) in [4.78, 5) is 12.5. The average molecular weight is 376 g/mol. The number of esters is 1. The topological polar surface area (TPSA) is 35.5 Å². The summed E-state index contributed by atoms with van der Waals surface area (Å²) in [6.45, 7) is 9.52. The maximum absolute atomic E-state index is 14.3. The lowest BCUT2D eigenvalue weighted by Gasteiger charge is -2.28. The van der Waals surface area contributed by atoms with Crippen molar-refractivity contribution >= 4 is 19.9 Å². The highest BCUT2D eigenvalue weighted by Crippen LogP contribution is 2.36. The molecule has 5 heteroatoms. The van der Waals surface area contributed by atoms with Crippen LogP contribution in [0.25, 0.3) is 11.1 Å². The van der Waals surface area contributed by atoms with Crippen LogP contribution in [0, 0.1) is 12.7 Å². The standard InChI is InChI=1S/C21H26FO3P/c1-13-8-7-9-15(14-10-11-17(26-6)16(22)12-14)18(13)19(20(23)24-5)25-21(2,3)4/h7-12,19,26H,1-6H3. The molecule has 0 saturated carbocycles. The Labute approximate surface area is 156 Å². The first-order valence-corrected chi connectivity index (χ1v) is 10.0. The van der Waals surface area contributed by atoms with Gasteiger partial charge in [-0.15, -0.1) is 0 Å². The molecule has 0 aliphatic rings. The Kier molecular flexibility index (Phi) is 6.54. The molecule has 0 heterocycles. The third-order valence-electron chi connectivity index (χ3n) is 4.02. The van der Waals surface area contributed by atoms with Crippen LogP contribution in [-0.2, 0) is 14.3 Å². The molecule has 2 unspecified atom stereocenters. The Bertz CT molecular complexity index is 796. The zero-order valence-electron chi connectivity index (χ0n) is 16.1. The molecule has 3 nitrogen and oxygen atoms in total. The molecule has 0 bridgehead atoms. The molecule has 0 amide bonds. The van der Waals surface area contributed by atoms with Gasteiger partial charge in [0.1, 0.15) is 5.82 Å². The van der Waals surface area contributed by atoms with Crippen LogP contribution in [0.1, 0.15) is 38.0 Å². The number of ether oxygens (including phenoxy) is 2. The lowest BCUT2D eigenvalue weighted by molar-refractivity contribution is -0.164. The summed E-state index contributed by atoms with van der Waals surface area (Å²) in [5.74, 6) is -0.704. The molecule has 2 aromatic rings. The fraction of sp³-hybridized carbons (Fsp3) is 0.381. The molecular formula is C21H26FO3P. The van der Waals surface area contributed by atoms with Gasteiger partial charge in [-0.25, -0.2) is 9.18 Å². The summed E-state index contributed by atoms with van der Waals surface area (Å²) in [6, 6.07) is 10.9. The van der Waals surface area contributed by atoms with E-state index in [9.17, 15) is 9.18 Å². The quantitative estimate of drug-likeness (QED) is 0.557. The summed E-state index contributed by atoms with van der Waals surface area (Å²) in [5.41, 5.74) is 2.55. The Morgan fingerprint density at radius 1 is 1.19 bits per heavy atom. The first-order chi connectivity index (χ1) is 12.2. The summed E-state index contributed by atoms with van der Waals surface area (Å²) in [7, 11) is 1.73. The van der Waals surface area contributed by atoms with Gasteiger partial charge in [0, 0.05) is 10.9 Å². The van der Waals surface area contributed by atoms with Crippen LogP contribution < -0.4 is 5.30 Å². The van der Waals surface area contributed by atoms with Gasteiger partial charge in [-0.05, 0) is 57.1 Å². The third kappa shape index (κ3) is 4.69. The van der Waals surface area contributed by atoms with E-state index in [1.54, 1.807) is 6.07 Å². The normalized spacial score (nSPS) is 13.2. The second kappa shape index (κ2) is 8.28. The van der Waals surface area contributed by atoms with Crippen LogP contribution in [0.15, 0.2) is 36.4 Å². The van der Waals surface area contributed by atoms with Crippen molar-refractivity contribution in [3.8, 4) is 11.1 Å². The van der Waals surface area contributed by atoms with Crippen LogP contribution in [0.5, 0.6) is 0 Å². The van der Waals surface area contributed by atoms with Gasteiger partial charge >= 0.3 is 5.97 Å². The van der Waals surface area contributed by atoms with Gasteiger partial charge in [-0.1, -0.05) is 38.9 Å². The highest BCUT2D eigenvalue weighted by Gasteiger charge is 2.31. The maximum Gasteiger partial charge on any atom is 0.339 e. The van der Waals surface area contributed by atoms with Gasteiger partial charge in [0.15, 0.2) is 6.10 Å². The number of hydrogen-bond acceptors (Lipinski definition) is 3. The molecule has 2 aromatic carbocycles. The lowest BCUT2D eigenvalue weighted by Crippen LogP contribution is -2.29. The molecule has 0 radical (unpaired) electrons. The Balaban J connectivity index is 2.64. The van der Waals surface area contributed by atoms with Crippen LogP contribution in [0.3, 0.4) is 0 Å². The summed E-state index contributed by atoms with van der Waals surface area (Å²) in [5, 5.41) is 0.693. The molecule has 0 N–H and O–H groups in total. The van der Waals surface area contributed by atoms with Gasteiger partial charge in [0.25, 0.3) is 0 Å². The maximum atomic E-state index is 14.3. The number of hydrogen-bond donors (Lipinski definition) is 0. The van der Waals surface area contributed by atoms with E-state index in [0.717, 1.165) is 16.7 Å². The van der Waals surface area contributed by atoms with Crippen molar-refractivity contribution in [2.75, 3.05) is 13.8 Å². The van der Waals surface area contributed by atoms with Gasteiger partial charge in [0.05, 0.1) is 12.7 Å². The zero-order chi connectivity index (χ0) is 19.5. The van der Waals surface area contributed by atoms with E-state index in [2.05, 4.69) is 0 Å². The average Bonchev–Trinajstić information content (AvgIpc) is 2.58. The Morgan fingerprint density at radius 2 is 1.88 bits per heavy atom. The molecule has 26 heavy (non-hydrogen) atoms. The van der Waals surface area contributed by atoms with E-state index in [-0.39, 0.29) is 5.82 Å². The number of carbonyl (C=O) groups is 1. The first-order valence-electron chi connectivity index (χ1n) is 8.50. The molecular weight excluding hydrogens is 350 g/mol. The van der Waals surface area contributed by atoms with Gasteiger partial charge in [0.2, 0.25) is 0 Å². The Morgan fingerprint density at radius 3 is 2.42 bits per heavy atom. The smallest absolute Gasteiger partial charge is 0.339 e. The number of aryl methyl sites for hydroxylation is 1. The zero-order valence-corrected chi connectivity index (χ0v) is 17.1. The second-order valence-electron chi connectivity index (χ2n) is 7.11. The summed E-state index contributed by atoms with van der Waals surface area (Å²) >= 11 is 0. The predicted octanol–water partition coefficient (Wildman–Crippen LogP) is 4.76. The van der Waals surface area contributed by atoms with Gasteiger partial charge in [-0.3, -0.25) is 0 Å². The molecule has 0 fully saturated rings. The van der Waals surface area contributed by atoms with E-state index in [4.69, 9.17) is 9.47 Å². The largest absolute Gasteiger partial charge is 0.467 e. The molecule has 140 valence electrons. The molecule has 0 spiro atoms. The number of rotatable bonds is 5. The predicted molar refractivity (Wildman–Crippen MR) is 106 cm³/mol. The van der Waals surface area contributed by atoms with Crippen molar-refractivity contribution in [1.82, 2.24) is 0 Å². The van der Waals surface area contributed by atoms with Crippen LogP contribution >= 0.6 is 8.58 Å². The fourth-order valence-electron chi connectivity index (χ4n) is 2.85. The van der Waals surface area contributed by atoms with E-state index in [1.807, 2.05) is 58.6 Å². The van der Waals surface area contributed by atoms with Crippen molar-refractivity contribution in [1.29, 1.82) is 0 Å². The highest BCUT2D eigenvalue weighted by molar-refractivity contribution is 7.46. The summed E-state index contributed by atoms with van der Waals surface area (Å²) < 4.78 is 25.4. The van der Waals surface area contributed by atoms with E-state index >= 15 is 0 Å². The second-order valence-corrected chi connectivity index (χ2v) is 8.15. The molecule has 0 aliphatic carbocycles. The van der Waals surface area contributed by atoms with Crippen molar-refractivity contribution in [2.24, 2.45) is 0 Å². The monoisotopic (exact) mass is 376 g/mol. The van der Waals surface area contributed by atoms with Crippen LogP contribution in [0.2, 0.25) is 0 Å². The minimum absolute atomic E-state index is 0.234. The van der Waals surface area contributed by atoms with Crippen molar-refractivity contribution in [3.63, 3.8) is 0 Å².